The Morgan fingerprint density at radius 3 is 2.55 bits per heavy atom. The van der Waals surface area contributed by atoms with Crippen molar-refractivity contribution in [1.29, 1.82) is 0 Å². The van der Waals surface area contributed by atoms with Crippen molar-refractivity contribution >= 4 is 27.2 Å². The molecule has 20 heavy (non-hydrogen) atoms. The summed E-state index contributed by atoms with van der Waals surface area (Å²) in [5.74, 6) is -0.0461. The van der Waals surface area contributed by atoms with Gasteiger partial charge in [0.2, 0.25) is 10.0 Å². The van der Waals surface area contributed by atoms with Gasteiger partial charge in [-0.15, -0.1) is 0 Å². The van der Waals surface area contributed by atoms with Gasteiger partial charge in [0.15, 0.2) is 0 Å². The molecule has 0 spiro atoms. The summed E-state index contributed by atoms with van der Waals surface area (Å²) in [6, 6.07) is 3.65. The van der Waals surface area contributed by atoms with Gasteiger partial charge in [-0.05, 0) is 24.1 Å². The van der Waals surface area contributed by atoms with Gasteiger partial charge in [0.25, 0.3) is 0 Å². The molecule has 7 heteroatoms. The van der Waals surface area contributed by atoms with Gasteiger partial charge in [-0.25, -0.2) is 12.7 Å². The van der Waals surface area contributed by atoms with Crippen LogP contribution in [0.1, 0.15) is 19.4 Å². The first kappa shape index (κ1) is 17.0. The molecular weight excluding hydrogens is 294 g/mol. The molecule has 0 radical (unpaired) electrons. The van der Waals surface area contributed by atoms with Gasteiger partial charge in [0, 0.05) is 31.4 Å². The summed E-state index contributed by atoms with van der Waals surface area (Å²) in [5.41, 5.74) is 6.51. The molecule has 1 aromatic rings. The molecule has 0 amide bonds. The molecule has 0 bridgehead atoms. The second-order valence-corrected chi connectivity index (χ2v) is 7.24. The zero-order chi connectivity index (χ0) is 15.2. The van der Waals surface area contributed by atoms with E-state index in [1.807, 2.05) is 26.0 Å². The number of aromatic nitrogens is 1. The number of sulfonamides is 1. The Morgan fingerprint density at radius 1 is 1.45 bits per heavy atom. The second kappa shape index (κ2) is 7.66. The Hall–Kier alpha value is -1.05. The van der Waals surface area contributed by atoms with Crippen molar-refractivity contribution in [1.82, 2.24) is 9.29 Å². The molecule has 0 aromatic carbocycles. The van der Waals surface area contributed by atoms with Crippen molar-refractivity contribution in [3.63, 3.8) is 0 Å². The van der Waals surface area contributed by atoms with Crippen LogP contribution in [-0.2, 0) is 16.4 Å². The maximum atomic E-state index is 12.3. The number of nitrogens with two attached hydrogens (primary N) is 1. The third-order valence-electron chi connectivity index (χ3n) is 3.11. The van der Waals surface area contributed by atoms with E-state index in [0.29, 0.717) is 24.5 Å². The zero-order valence-corrected chi connectivity index (χ0v) is 13.5. The van der Waals surface area contributed by atoms with Crippen molar-refractivity contribution in [3.8, 4) is 0 Å². The molecule has 2 N–H and O–H groups in total. The van der Waals surface area contributed by atoms with Gasteiger partial charge in [-0.2, -0.15) is 0 Å². The van der Waals surface area contributed by atoms with Crippen LogP contribution in [0.4, 0.5) is 0 Å². The van der Waals surface area contributed by atoms with Crippen LogP contribution in [0.25, 0.3) is 0 Å². The molecular formula is C13H21N3O2S2. The molecule has 1 heterocycles. The first-order chi connectivity index (χ1) is 9.36. The maximum absolute atomic E-state index is 12.3. The van der Waals surface area contributed by atoms with Crippen molar-refractivity contribution < 1.29 is 8.42 Å². The van der Waals surface area contributed by atoms with Gasteiger partial charge >= 0.3 is 0 Å². The van der Waals surface area contributed by atoms with Gasteiger partial charge in [0.1, 0.15) is 0 Å². The average molecular weight is 315 g/mol. The van der Waals surface area contributed by atoms with E-state index < -0.39 is 10.0 Å². The Bertz CT molecular complexity index is 532. The van der Waals surface area contributed by atoms with Crippen LogP contribution in [0.3, 0.4) is 0 Å². The van der Waals surface area contributed by atoms with Crippen molar-refractivity contribution in [2.45, 2.75) is 20.3 Å². The smallest absolute Gasteiger partial charge is 0.214 e. The van der Waals surface area contributed by atoms with Crippen LogP contribution in [0.2, 0.25) is 0 Å². The van der Waals surface area contributed by atoms with Crippen LogP contribution in [0.5, 0.6) is 0 Å². The summed E-state index contributed by atoms with van der Waals surface area (Å²) >= 11 is 4.90. The highest BCUT2D eigenvalue weighted by atomic mass is 32.2. The zero-order valence-electron chi connectivity index (χ0n) is 11.8. The predicted octanol–water partition coefficient (Wildman–Crippen LogP) is 1.20. The summed E-state index contributed by atoms with van der Waals surface area (Å²) < 4.78 is 26.1. The fourth-order valence-electron chi connectivity index (χ4n) is 1.76. The molecule has 112 valence electrons. The molecule has 1 unspecified atom stereocenters. The highest BCUT2D eigenvalue weighted by molar-refractivity contribution is 7.89. The summed E-state index contributed by atoms with van der Waals surface area (Å²) in [6.07, 6.45) is 3.80. The Balaban J connectivity index is 2.67. The Morgan fingerprint density at radius 2 is 2.05 bits per heavy atom. The van der Waals surface area contributed by atoms with Gasteiger partial charge in [0.05, 0.1) is 10.7 Å². The molecule has 0 saturated heterocycles. The van der Waals surface area contributed by atoms with Crippen molar-refractivity contribution in [3.05, 3.63) is 30.1 Å². The number of rotatable bonds is 8. The minimum absolute atomic E-state index is 0.0783. The minimum atomic E-state index is -3.30. The van der Waals surface area contributed by atoms with E-state index in [2.05, 4.69) is 4.98 Å². The van der Waals surface area contributed by atoms with E-state index in [-0.39, 0.29) is 11.7 Å². The number of hydrogen-bond donors (Lipinski definition) is 1. The fraction of sp³-hybridized carbons (Fsp3) is 0.538. The lowest BCUT2D eigenvalue weighted by Gasteiger charge is -2.23. The average Bonchev–Trinajstić information content (AvgIpc) is 2.43. The quantitative estimate of drug-likeness (QED) is 0.730. The number of hydrogen-bond acceptors (Lipinski definition) is 4. The molecule has 1 aromatic heterocycles. The topological polar surface area (TPSA) is 76.3 Å². The van der Waals surface area contributed by atoms with Gasteiger partial charge in [-0.1, -0.05) is 26.1 Å². The minimum Gasteiger partial charge on any atom is -0.393 e. The standard InChI is InChI=1S/C13H21N3O2S2/c1-3-16(10-11(2)13(14)19)20(17,18)9-6-12-4-7-15-8-5-12/h4-5,7-8,11H,3,6,9-10H2,1-2H3,(H2,14,19). The highest BCUT2D eigenvalue weighted by Gasteiger charge is 2.23. The van der Waals surface area contributed by atoms with Crippen LogP contribution < -0.4 is 5.73 Å². The maximum Gasteiger partial charge on any atom is 0.214 e. The lowest BCUT2D eigenvalue weighted by molar-refractivity contribution is 0.405. The molecule has 0 saturated carbocycles. The summed E-state index contributed by atoms with van der Waals surface area (Å²) in [4.78, 5) is 4.25. The van der Waals surface area contributed by atoms with Crippen LogP contribution >= 0.6 is 12.2 Å². The monoisotopic (exact) mass is 315 g/mol. The lowest BCUT2D eigenvalue weighted by Crippen LogP contribution is -2.39. The molecule has 5 nitrogen and oxygen atoms in total. The molecule has 0 fully saturated rings. The van der Waals surface area contributed by atoms with E-state index in [9.17, 15) is 8.42 Å². The lowest BCUT2D eigenvalue weighted by atomic mass is 10.2. The molecule has 1 atom stereocenters. The molecule has 0 aliphatic heterocycles. The Kier molecular flexibility index (Phi) is 6.51. The molecule has 0 aliphatic rings. The summed E-state index contributed by atoms with van der Waals surface area (Å²) in [6.45, 7) is 4.41. The third kappa shape index (κ3) is 5.15. The summed E-state index contributed by atoms with van der Waals surface area (Å²) in [5, 5.41) is 0. The van der Waals surface area contributed by atoms with Crippen molar-refractivity contribution in [2.24, 2.45) is 11.7 Å². The number of nitrogens with zero attached hydrogens (tertiary/aromatic N) is 2. The number of pyridine rings is 1. The molecule has 0 aliphatic carbocycles. The van der Waals surface area contributed by atoms with Crippen molar-refractivity contribution in [2.75, 3.05) is 18.8 Å². The predicted molar refractivity (Wildman–Crippen MR) is 84.9 cm³/mol. The van der Waals surface area contributed by atoms with Crippen LogP contribution in [0, 0.1) is 5.92 Å². The Labute approximate surface area is 126 Å². The van der Waals surface area contributed by atoms with E-state index in [4.69, 9.17) is 18.0 Å². The van der Waals surface area contributed by atoms with E-state index in [1.54, 1.807) is 12.4 Å². The summed E-state index contributed by atoms with van der Waals surface area (Å²) in [7, 11) is -3.30. The first-order valence-electron chi connectivity index (χ1n) is 6.53. The number of thiocarbonyl (C=S) groups is 1. The third-order valence-corrected chi connectivity index (χ3v) is 5.42. The van der Waals surface area contributed by atoms with Crippen LogP contribution in [-0.4, -0.2) is 41.5 Å². The fourth-order valence-corrected chi connectivity index (χ4v) is 3.43. The SMILES string of the molecule is CCN(CC(C)C(N)=S)S(=O)(=O)CCc1ccncc1. The second-order valence-electron chi connectivity index (χ2n) is 4.68. The van der Waals surface area contributed by atoms with E-state index in [0.717, 1.165) is 5.56 Å². The van der Waals surface area contributed by atoms with Crippen LogP contribution in [0.15, 0.2) is 24.5 Å². The first-order valence-corrected chi connectivity index (χ1v) is 8.54. The highest BCUT2D eigenvalue weighted by Crippen LogP contribution is 2.09. The largest absolute Gasteiger partial charge is 0.393 e. The van der Waals surface area contributed by atoms with Gasteiger partial charge in [-0.3, -0.25) is 4.98 Å². The number of aryl methyl sites for hydroxylation is 1. The van der Waals surface area contributed by atoms with E-state index >= 15 is 0 Å². The van der Waals surface area contributed by atoms with E-state index in [1.165, 1.54) is 4.31 Å². The molecule has 1 rings (SSSR count). The van der Waals surface area contributed by atoms with Gasteiger partial charge < -0.3 is 5.73 Å². The normalized spacial score (nSPS) is 13.3.